The quantitative estimate of drug-likeness (QED) is 0.557. The fourth-order valence-corrected chi connectivity index (χ4v) is 3.79. The molecule has 8 heteroatoms. The molecule has 0 atom stereocenters. The monoisotopic (exact) mass is 441 g/mol. The molecule has 2 aromatic carbocycles. The molecule has 0 unspecified atom stereocenters. The lowest BCUT2D eigenvalue weighted by atomic mass is 10.1. The van der Waals surface area contributed by atoms with E-state index in [2.05, 4.69) is 9.88 Å². The van der Waals surface area contributed by atoms with Crippen molar-refractivity contribution in [1.29, 1.82) is 0 Å². The first-order chi connectivity index (χ1) is 15.5. The third-order valence-corrected chi connectivity index (χ3v) is 5.61. The molecule has 0 saturated carbocycles. The molecule has 0 N–H and O–H groups in total. The summed E-state index contributed by atoms with van der Waals surface area (Å²) in [6, 6.07) is 11.6. The molecule has 1 aromatic heterocycles. The number of hydrogen-bond donors (Lipinski definition) is 0. The minimum absolute atomic E-state index is 0.0194. The van der Waals surface area contributed by atoms with Gasteiger partial charge in [-0.2, -0.15) is 0 Å². The molecule has 0 aliphatic carbocycles. The molecule has 1 amide bonds. The van der Waals surface area contributed by atoms with Crippen molar-refractivity contribution in [2.45, 2.75) is 19.4 Å². The fourth-order valence-electron chi connectivity index (χ4n) is 3.79. The van der Waals surface area contributed by atoms with Crippen LogP contribution in [0.3, 0.4) is 0 Å². The summed E-state index contributed by atoms with van der Waals surface area (Å²) >= 11 is 0. The maximum absolute atomic E-state index is 13.9. The Hall–Kier alpha value is -3.26. The van der Waals surface area contributed by atoms with Gasteiger partial charge in [-0.1, -0.05) is 18.2 Å². The van der Waals surface area contributed by atoms with Gasteiger partial charge in [0, 0.05) is 45.6 Å². The predicted octanol–water partition coefficient (Wildman–Crippen LogP) is 3.91. The maximum atomic E-state index is 13.9. The highest BCUT2D eigenvalue weighted by atomic mass is 19.1. The van der Waals surface area contributed by atoms with Gasteiger partial charge in [0.25, 0.3) is 0 Å². The van der Waals surface area contributed by atoms with Crippen molar-refractivity contribution in [3.63, 3.8) is 0 Å². The van der Waals surface area contributed by atoms with E-state index in [1.165, 1.54) is 30.0 Å². The van der Waals surface area contributed by atoms with Crippen molar-refractivity contribution in [2.24, 2.45) is 0 Å². The first-order valence-electron chi connectivity index (χ1n) is 10.6. The van der Waals surface area contributed by atoms with E-state index in [-0.39, 0.29) is 36.0 Å². The number of hydrogen-bond acceptors (Lipinski definition) is 5. The molecule has 3 aromatic rings. The summed E-state index contributed by atoms with van der Waals surface area (Å²) in [5.41, 5.74) is 0.960. The molecular formula is C24H25F2N3O3. The van der Waals surface area contributed by atoms with Crippen LogP contribution in [0.25, 0.3) is 11.3 Å². The van der Waals surface area contributed by atoms with Gasteiger partial charge in [0.2, 0.25) is 5.91 Å². The van der Waals surface area contributed by atoms with Gasteiger partial charge in [-0.3, -0.25) is 9.69 Å². The second-order valence-corrected chi connectivity index (χ2v) is 7.72. The Morgan fingerprint density at radius 2 is 1.75 bits per heavy atom. The summed E-state index contributed by atoms with van der Waals surface area (Å²) in [5.74, 6) is -0.260. The van der Waals surface area contributed by atoms with Crippen molar-refractivity contribution in [2.75, 3.05) is 33.3 Å². The Balaban J connectivity index is 1.25. The zero-order valence-corrected chi connectivity index (χ0v) is 17.9. The number of methoxy groups -OCH3 is 1. The van der Waals surface area contributed by atoms with Crippen molar-refractivity contribution >= 4 is 5.91 Å². The molecule has 1 aliphatic rings. The van der Waals surface area contributed by atoms with Crippen LogP contribution in [0.4, 0.5) is 8.78 Å². The Kier molecular flexibility index (Phi) is 6.80. The van der Waals surface area contributed by atoms with Gasteiger partial charge in [-0.25, -0.2) is 13.8 Å². The third-order valence-electron chi connectivity index (χ3n) is 5.61. The molecule has 1 fully saturated rings. The van der Waals surface area contributed by atoms with Gasteiger partial charge in [-0.05, 0) is 29.8 Å². The number of amides is 1. The summed E-state index contributed by atoms with van der Waals surface area (Å²) < 4.78 is 38.5. The van der Waals surface area contributed by atoms with E-state index >= 15 is 0 Å². The fraction of sp³-hybridized carbons (Fsp3) is 0.333. The predicted molar refractivity (Wildman–Crippen MR) is 115 cm³/mol. The summed E-state index contributed by atoms with van der Waals surface area (Å²) in [4.78, 5) is 20.8. The van der Waals surface area contributed by atoms with Crippen LogP contribution in [0.15, 0.2) is 53.1 Å². The summed E-state index contributed by atoms with van der Waals surface area (Å²) in [5, 5.41) is 0. The molecule has 0 radical (unpaired) electrons. The Morgan fingerprint density at radius 3 is 2.41 bits per heavy atom. The minimum Gasteiger partial charge on any atom is -0.497 e. The van der Waals surface area contributed by atoms with Crippen molar-refractivity contribution in [1.82, 2.24) is 14.8 Å². The summed E-state index contributed by atoms with van der Waals surface area (Å²) in [7, 11) is 1.65. The molecule has 32 heavy (non-hydrogen) atoms. The molecule has 0 spiro atoms. The van der Waals surface area contributed by atoms with E-state index in [0.29, 0.717) is 13.1 Å². The number of piperazine rings is 1. The number of aromatic nitrogens is 1. The SMILES string of the molecule is COc1ccc(CN2CCN(C(=O)CCc3ncc(-c4c(F)cccc4F)o3)CC2)cc1. The van der Waals surface area contributed by atoms with Gasteiger partial charge in [0.15, 0.2) is 11.7 Å². The van der Waals surface area contributed by atoms with E-state index in [1.807, 2.05) is 29.2 Å². The van der Waals surface area contributed by atoms with Gasteiger partial charge < -0.3 is 14.1 Å². The lowest BCUT2D eigenvalue weighted by Gasteiger charge is -2.34. The van der Waals surface area contributed by atoms with E-state index in [9.17, 15) is 13.6 Å². The normalized spacial score (nSPS) is 14.5. The lowest BCUT2D eigenvalue weighted by Crippen LogP contribution is -2.48. The van der Waals surface area contributed by atoms with Crippen molar-refractivity contribution < 1.29 is 22.7 Å². The number of aryl methyl sites for hydroxylation is 1. The lowest BCUT2D eigenvalue weighted by molar-refractivity contribution is -0.133. The maximum Gasteiger partial charge on any atom is 0.223 e. The number of carbonyl (C=O) groups is 1. The Labute approximate surface area is 185 Å². The van der Waals surface area contributed by atoms with Crippen LogP contribution >= 0.6 is 0 Å². The number of benzene rings is 2. The number of carbonyl (C=O) groups excluding carboxylic acids is 1. The van der Waals surface area contributed by atoms with Gasteiger partial charge in [0.1, 0.15) is 17.4 Å². The highest BCUT2D eigenvalue weighted by molar-refractivity contribution is 5.76. The Morgan fingerprint density at radius 1 is 1.06 bits per heavy atom. The highest BCUT2D eigenvalue weighted by Gasteiger charge is 2.22. The van der Waals surface area contributed by atoms with Gasteiger partial charge in [-0.15, -0.1) is 0 Å². The molecule has 6 nitrogen and oxygen atoms in total. The average Bonchev–Trinajstić information content (AvgIpc) is 3.27. The second-order valence-electron chi connectivity index (χ2n) is 7.72. The Bertz CT molecular complexity index is 1040. The average molecular weight is 441 g/mol. The zero-order chi connectivity index (χ0) is 22.5. The van der Waals surface area contributed by atoms with E-state index in [4.69, 9.17) is 9.15 Å². The summed E-state index contributed by atoms with van der Waals surface area (Å²) in [6.07, 6.45) is 1.80. The van der Waals surface area contributed by atoms with Gasteiger partial charge >= 0.3 is 0 Å². The largest absolute Gasteiger partial charge is 0.497 e. The number of nitrogens with zero attached hydrogens (tertiary/aromatic N) is 3. The number of halogens is 2. The van der Waals surface area contributed by atoms with Crippen molar-refractivity contribution in [3.05, 3.63) is 71.8 Å². The van der Waals surface area contributed by atoms with Crippen LogP contribution < -0.4 is 4.74 Å². The third kappa shape index (κ3) is 5.13. The molecule has 0 bridgehead atoms. The highest BCUT2D eigenvalue weighted by Crippen LogP contribution is 2.27. The van der Waals surface area contributed by atoms with Crippen LogP contribution in [0, 0.1) is 11.6 Å². The van der Waals surface area contributed by atoms with Crippen LogP contribution in [-0.2, 0) is 17.8 Å². The van der Waals surface area contributed by atoms with E-state index < -0.39 is 11.6 Å². The molecule has 4 rings (SSSR count). The standard InChI is InChI=1S/C24H25F2N3O3/c1-31-18-7-5-17(6-8-18)16-28-11-13-29(14-12-28)23(30)10-9-22-27-15-21(32-22)24-19(25)3-2-4-20(24)26/h2-8,15H,9-14,16H2,1H3. The minimum atomic E-state index is -0.712. The van der Waals surface area contributed by atoms with E-state index in [0.717, 1.165) is 25.4 Å². The first kappa shape index (κ1) is 22.0. The molecule has 1 saturated heterocycles. The first-order valence-corrected chi connectivity index (χ1v) is 10.6. The molecular weight excluding hydrogens is 416 g/mol. The van der Waals surface area contributed by atoms with Gasteiger partial charge in [0.05, 0.1) is 18.9 Å². The smallest absolute Gasteiger partial charge is 0.223 e. The zero-order valence-electron chi connectivity index (χ0n) is 17.9. The molecule has 168 valence electrons. The topological polar surface area (TPSA) is 58.8 Å². The number of ether oxygens (including phenoxy) is 1. The second kappa shape index (κ2) is 9.91. The molecule has 2 heterocycles. The molecule has 1 aliphatic heterocycles. The summed E-state index contributed by atoms with van der Waals surface area (Å²) in [6.45, 7) is 3.75. The van der Waals surface area contributed by atoms with Crippen LogP contribution in [0.1, 0.15) is 17.9 Å². The number of rotatable bonds is 7. The van der Waals surface area contributed by atoms with Crippen LogP contribution in [0.2, 0.25) is 0 Å². The van der Waals surface area contributed by atoms with Crippen LogP contribution in [0.5, 0.6) is 5.75 Å². The number of oxazole rings is 1. The van der Waals surface area contributed by atoms with Crippen LogP contribution in [-0.4, -0.2) is 54.0 Å². The van der Waals surface area contributed by atoms with E-state index in [1.54, 1.807) is 7.11 Å². The van der Waals surface area contributed by atoms with Crippen molar-refractivity contribution in [3.8, 4) is 17.1 Å².